The van der Waals surface area contributed by atoms with Crippen LogP contribution in [0.1, 0.15) is 10.4 Å². The fourth-order valence-corrected chi connectivity index (χ4v) is 4.61. The Morgan fingerprint density at radius 3 is 2.78 bits per heavy atom. The van der Waals surface area contributed by atoms with Crippen molar-refractivity contribution in [1.29, 1.82) is 0 Å². The average Bonchev–Trinajstić information content (AvgIpc) is 3.02. The zero-order valence-corrected chi connectivity index (χ0v) is 17.7. The second-order valence-corrected chi connectivity index (χ2v) is 8.75. The standard InChI is InChI=1S/C19H18FIN4OS/c1-24-7-9-25(10-8-24)19(26)16-13-3-2-6-22-17(13)27-18(16)23-15-5-4-12(21)11-14(15)20/h2-6,11,23H,7-10H2,1H3. The first-order valence-corrected chi connectivity index (χ1v) is 10.5. The molecule has 140 valence electrons. The average molecular weight is 496 g/mol. The van der Waals surface area contributed by atoms with Crippen LogP contribution in [0, 0.1) is 9.39 Å². The highest BCUT2D eigenvalue weighted by atomic mass is 127. The van der Waals surface area contributed by atoms with E-state index in [4.69, 9.17) is 0 Å². The number of pyridine rings is 1. The van der Waals surface area contributed by atoms with Crippen molar-refractivity contribution < 1.29 is 9.18 Å². The van der Waals surface area contributed by atoms with E-state index in [-0.39, 0.29) is 11.7 Å². The topological polar surface area (TPSA) is 48.5 Å². The van der Waals surface area contributed by atoms with Crippen molar-refractivity contribution in [3.8, 4) is 0 Å². The van der Waals surface area contributed by atoms with Crippen LogP contribution in [0.2, 0.25) is 0 Å². The molecule has 1 aliphatic rings. The lowest BCUT2D eigenvalue weighted by Gasteiger charge is -2.32. The molecule has 1 aliphatic heterocycles. The number of thiophene rings is 1. The highest BCUT2D eigenvalue weighted by Crippen LogP contribution is 2.37. The number of likely N-dealkylation sites (N-methyl/N-ethyl adjacent to an activating group) is 1. The summed E-state index contributed by atoms with van der Waals surface area (Å²) >= 11 is 3.45. The zero-order chi connectivity index (χ0) is 19.0. The predicted octanol–water partition coefficient (Wildman–Crippen LogP) is 4.17. The Bertz CT molecular complexity index is 1000. The highest BCUT2D eigenvalue weighted by molar-refractivity contribution is 14.1. The third kappa shape index (κ3) is 3.78. The summed E-state index contributed by atoms with van der Waals surface area (Å²) < 4.78 is 15.2. The third-order valence-corrected chi connectivity index (χ3v) is 6.35. The van der Waals surface area contributed by atoms with E-state index in [2.05, 4.69) is 44.8 Å². The van der Waals surface area contributed by atoms with E-state index in [0.29, 0.717) is 29.3 Å². The van der Waals surface area contributed by atoms with E-state index in [1.165, 1.54) is 17.4 Å². The lowest BCUT2D eigenvalue weighted by atomic mass is 10.1. The molecule has 27 heavy (non-hydrogen) atoms. The van der Waals surface area contributed by atoms with Gasteiger partial charge in [-0.1, -0.05) is 11.3 Å². The van der Waals surface area contributed by atoms with Crippen molar-refractivity contribution in [2.24, 2.45) is 0 Å². The van der Waals surface area contributed by atoms with Crippen LogP contribution in [0.3, 0.4) is 0 Å². The summed E-state index contributed by atoms with van der Waals surface area (Å²) in [6, 6.07) is 8.72. The second kappa shape index (κ2) is 7.69. The van der Waals surface area contributed by atoms with Crippen molar-refractivity contribution in [1.82, 2.24) is 14.8 Å². The van der Waals surface area contributed by atoms with Crippen LogP contribution in [0.5, 0.6) is 0 Å². The summed E-state index contributed by atoms with van der Waals surface area (Å²) in [5.41, 5.74) is 0.931. The Labute approximate surface area is 174 Å². The van der Waals surface area contributed by atoms with Gasteiger partial charge in [-0.3, -0.25) is 4.79 Å². The summed E-state index contributed by atoms with van der Waals surface area (Å²) in [7, 11) is 2.05. The van der Waals surface area contributed by atoms with Crippen LogP contribution < -0.4 is 5.32 Å². The first-order valence-electron chi connectivity index (χ1n) is 8.60. The fraction of sp³-hybridized carbons (Fsp3) is 0.263. The fourth-order valence-electron chi connectivity index (χ4n) is 3.11. The quantitative estimate of drug-likeness (QED) is 0.554. The number of hydrogen-bond donors (Lipinski definition) is 1. The number of nitrogens with one attached hydrogen (secondary N) is 1. The Morgan fingerprint density at radius 2 is 2.04 bits per heavy atom. The smallest absolute Gasteiger partial charge is 0.257 e. The molecule has 4 rings (SSSR count). The number of halogens is 2. The molecule has 1 saturated heterocycles. The first-order chi connectivity index (χ1) is 13.0. The lowest BCUT2D eigenvalue weighted by Crippen LogP contribution is -2.47. The van der Waals surface area contributed by atoms with Crippen molar-refractivity contribution >= 4 is 60.7 Å². The Morgan fingerprint density at radius 1 is 1.26 bits per heavy atom. The predicted molar refractivity (Wildman–Crippen MR) is 115 cm³/mol. The Hall–Kier alpha value is -1.78. The van der Waals surface area contributed by atoms with E-state index in [9.17, 15) is 9.18 Å². The van der Waals surface area contributed by atoms with Gasteiger partial charge in [0.25, 0.3) is 5.91 Å². The molecule has 0 saturated carbocycles. The number of carbonyl (C=O) groups excluding carboxylic acids is 1. The number of amides is 1. The lowest BCUT2D eigenvalue weighted by molar-refractivity contribution is 0.0667. The van der Waals surface area contributed by atoms with Crippen molar-refractivity contribution in [2.45, 2.75) is 0 Å². The molecule has 1 N–H and O–H groups in total. The van der Waals surface area contributed by atoms with Gasteiger partial charge in [-0.05, 0) is 60.0 Å². The number of piperazine rings is 1. The molecule has 0 atom stereocenters. The number of benzene rings is 1. The summed E-state index contributed by atoms with van der Waals surface area (Å²) in [6.07, 6.45) is 1.71. The first kappa shape index (κ1) is 18.6. The van der Waals surface area contributed by atoms with Gasteiger partial charge in [0, 0.05) is 41.3 Å². The molecule has 2 aromatic heterocycles. The van der Waals surface area contributed by atoms with E-state index >= 15 is 0 Å². The molecular weight excluding hydrogens is 478 g/mol. The molecule has 0 spiro atoms. The normalized spacial score (nSPS) is 15.3. The molecule has 8 heteroatoms. The number of anilines is 2. The molecular formula is C19H18FIN4OS. The maximum Gasteiger partial charge on any atom is 0.257 e. The molecule has 1 amide bonds. The number of hydrogen-bond acceptors (Lipinski definition) is 5. The minimum atomic E-state index is -0.342. The van der Waals surface area contributed by atoms with E-state index in [1.54, 1.807) is 12.3 Å². The largest absolute Gasteiger partial charge is 0.344 e. The van der Waals surface area contributed by atoms with Crippen LogP contribution >= 0.6 is 33.9 Å². The monoisotopic (exact) mass is 496 g/mol. The maximum absolute atomic E-state index is 14.3. The van der Waals surface area contributed by atoms with Crippen LogP contribution in [-0.2, 0) is 0 Å². The van der Waals surface area contributed by atoms with Crippen molar-refractivity contribution in [3.05, 3.63) is 51.5 Å². The summed E-state index contributed by atoms with van der Waals surface area (Å²) in [6.45, 7) is 3.07. The molecule has 0 aliphatic carbocycles. The van der Waals surface area contributed by atoms with Gasteiger partial charge in [0.05, 0.1) is 11.3 Å². The molecule has 1 aromatic carbocycles. The van der Waals surface area contributed by atoms with Crippen molar-refractivity contribution in [3.63, 3.8) is 0 Å². The molecule has 0 bridgehead atoms. The van der Waals surface area contributed by atoms with Gasteiger partial charge in [-0.2, -0.15) is 0 Å². The van der Waals surface area contributed by atoms with Gasteiger partial charge in [0.15, 0.2) is 0 Å². The van der Waals surface area contributed by atoms with Gasteiger partial charge in [0.1, 0.15) is 15.6 Å². The van der Waals surface area contributed by atoms with Crippen LogP contribution in [0.15, 0.2) is 36.5 Å². The van der Waals surface area contributed by atoms with Crippen LogP contribution in [0.4, 0.5) is 15.1 Å². The summed E-state index contributed by atoms with van der Waals surface area (Å²) in [5.74, 6) is -0.374. The minimum absolute atomic E-state index is 0.0317. The van der Waals surface area contributed by atoms with E-state index in [0.717, 1.165) is 26.9 Å². The Balaban J connectivity index is 1.74. The maximum atomic E-state index is 14.3. The number of carbonyl (C=O) groups is 1. The van der Waals surface area contributed by atoms with Gasteiger partial charge in [0.2, 0.25) is 0 Å². The molecule has 0 unspecified atom stereocenters. The molecule has 5 nitrogen and oxygen atoms in total. The van der Waals surface area contributed by atoms with Crippen LogP contribution in [0.25, 0.3) is 10.2 Å². The van der Waals surface area contributed by atoms with Gasteiger partial charge in [-0.15, -0.1) is 0 Å². The Kier molecular flexibility index (Phi) is 5.29. The minimum Gasteiger partial charge on any atom is -0.344 e. The van der Waals surface area contributed by atoms with E-state index in [1.807, 2.05) is 23.1 Å². The highest BCUT2D eigenvalue weighted by Gasteiger charge is 2.27. The second-order valence-electron chi connectivity index (χ2n) is 6.51. The van der Waals surface area contributed by atoms with Crippen LogP contribution in [-0.4, -0.2) is 53.9 Å². The van der Waals surface area contributed by atoms with E-state index < -0.39 is 0 Å². The number of rotatable bonds is 3. The molecule has 1 fully saturated rings. The SMILES string of the molecule is CN1CCN(C(=O)c2c(Nc3ccc(I)cc3F)sc3ncccc23)CC1. The van der Waals surface area contributed by atoms with Gasteiger partial charge < -0.3 is 15.1 Å². The zero-order valence-electron chi connectivity index (χ0n) is 14.7. The molecule has 3 aromatic rings. The van der Waals surface area contributed by atoms with Crippen molar-refractivity contribution in [2.75, 3.05) is 38.5 Å². The third-order valence-electron chi connectivity index (χ3n) is 4.65. The number of nitrogens with zero attached hydrogens (tertiary/aromatic N) is 3. The molecule has 0 radical (unpaired) electrons. The summed E-state index contributed by atoms with van der Waals surface area (Å²) in [4.78, 5) is 22.5. The van der Waals surface area contributed by atoms with Gasteiger partial charge in [-0.25, -0.2) is 9.37 Å². The number of aromatic nitrogens is 1. The molecule has 3 heterocycles. The number of fused-ring (bicyclic) bond motifs is 1. The van der Waals surface area contributed by atoms with Gasteiger partial charge >= 0.3 is 0 Å². The summed E-state index contributed by atoms with van der Waals surface area (Å²) in [5, 5.41) is 4.57.